The predicted octanol–water partition coefficient (Wildman–Crippen LogP) is 5.43. The normalized spacial score (nSPS) is 23.6. The molecule has 0 saturated heterocycles. The van der Waals surface area contributed by atoms with E-state index in [1.165, 1.54) is 16.7 Å². The predicted molar refractivity (Wildman–Crippen MR) is 90.1 cm³/mol. The molecule has 0 spiro atoms. The summed E-state index contributed by atoms with van der Waals surface area (Å²) >= 11 is 0. The van der Waals surface area contributed by atoms with Crippen molar-refractivity contribution in [1.29, 1.82) is 0 Å². The van der Waals surface area contributed by atoms with E-state index in [0.29, 0.717) is 17.6 Å². The number of ketones is 1. The third-order valence-corrected chi connectivity index (χ3v) is 5.21. The van der Waals surface area contributed by atoms with Crippen LogP contribution in [0, 0.1) is 24.7 Å². The van der Waals surface area contributed by atoms with Gasteiger partial charge in [-0.3, -0.25) is 4.79 Å². The van der Waals surface area contributed by atoms with Gasteiger partial charge in [-0.25, -0.2) is 0 Å². The Hall–Kier alpha value is -1.37. The summed E-state index contributed by atoms with van der Waals surface area (Å²) in [6.07, 6.45) is 5.27. The minimum Gasteiger partial charge on any atom is -0.299 e. The molecule has 1 unspecified atom stereocenters. The van der Waals surface area contributed by atoms with Crippen molar-refractivity contribution in [2.24, 2.45) is 17.8 Å². The largest absolute Gasteiger partial charge is 0.299 e. The van der Waals surface area contributed by atoms with Crippen molar-refractivity contribution < 1.29 is 4.79 Å². The third kappa shape index (κ3) is 3.64. The Bertz CT molecular complexity index is 506. The first kappa shape index (κ1) is 16.0. The molecule has 21 heavy (non-hydrogen) atoms. The fourth-order valence-electron chi connectivity index (χ4n) is 3.48. The summed E-state index contributed by atoms with van der Waals surface area (Å²) in [7, 11) is 0. The molecule has 1 atom stereocenters. The van der Waals surface area contributed by atoms with Gasteiger partial charge in [0.1, 0.15) is 5.78 Å². The van der Waals surface area contributed by atoms with E-state index in [4.69, 9.17) is 0 Å². The van der Waals surface area contributed by atoms with E-state index < -0.39 is 0 Å². The minimum atomic E-state index is 0.228. The van der Waals surface area contributed by atoms with Gasteiger partial charge in [-0.2, -0.15) is 0 Å². The maximum Gasteiger partial charge on any atom is 0.138 e. The van der Waals surface area contributed by atoms with Gasteiger partial charge in [0.05, 0.1) is 0 Å². The zero-order chi connectivity index (χ0) is 15.4. The Balaban J connectivity index is 1.97. The van der Waals surface area contributed by atoms with Crippen molar-refractivity contribution in [3.05, 3.63) is 42.0 Å². The standard InChI is InChI=1S/C20H28O/c1-5-14(2)20(21)18-12-10-17(11-13-18)16(4)19-9-7-6-8-15(19)3/h6-9,14,17-18H,4-5,10-13H2,1-3H3. The molecule has 1 fully saturated rings. The summed E-state index contributed by atoms with van der Waals surface area (Å²) < 4.78 is 0. The van der Waals surface area contributed by atoms with Gasteiger partial charge in [0, 0.05) is 11.8 Å². The van der Waals surface area contributed by atoms with E-state index in [1.54, 1.807) is 0 Å². The van der Waals surface area contributed by atoms with E-state index in [-0.39, 0.29) is 5.92 Å². The molecule has 2 rings (SSSR count). The Labute approximate surface area is 129 Å². The summed E-state index contributed by atoms with van der Waals surface area (Å²) in [5.41, 5.74) is 3.87. The van der Waals surface area contributed by atoms with Crippen LogP contribution >= 0.6 is 0 Å². The zero-order valence-electron chi connectivity index (χ0n) is 13.7. The van der Waals surface area contributed by atoms with Gasteiger partial charge in [-0.05, 0) is 61.6 Å². The second-order valence-corrected chi connectivity index (χ2v) is 6.60. The smallest absolute Gasteiger partial charge is 0.138 e. The van der Waals surface area contributed by atoms with Crippen molar-refractivity contribution in [2.75, 3.05) is 0 Å². The van der Waals surface area contributed by atoms with Gasteiger partial charge in [0.15, 0.2) is 0 Å². The Morgan fingerprint density at radius 2 is 1.76 bits per heavy atom. The van der Waals surface area contributed by atoms with Gasteiger partial charge >= 0.3 is 0 Å². The number of rotatable bonds is 5. The molecule has 114 valence electrons. The Morgan fingerprint density at radius 1 is 1.19 bits per heavy atom. The molecule has 1 aliphatic rings. The molecule has 0 heterocycles. The summed E-state index contributed by atoms with van der Waals surface area (Å²) in [4.78, 5) is 12.3. The molecule has 1 nitrogen and oxygen atoms in total. The van der Waals surface area contributed by atoms with E-state index in [9.17, 15) is 4.79 Å². The number of allylic oxidation sites excluding steroid dienone is 1. The van der Waals surface area contributed by atoms with Crippen molar-refractivity contribution in [3.8, 4) is 0 Å². The average Bonchev–Trinajstić information content (AvgIpc) is 2.53. The lowest BCUT2D eigenvalue weighted by Crippen LogP contribution is -2.26. The fourth-order valence-corrected chi connectivity index (χ4v) is 3.48. The van der Waals surface area contributed by atoms with Crippen LogP contribution in [0.25, 0.3) is 5.57 Å². The Morgan fingerprint density at radius 3 is 2.33 bits per heavy atom. The molecule has 1 heteroatoms. The van der Waals surface area contributed by atoms with Crippen LogP contribution in [0.2, 0.25) is 0 Å². The van der Waals surface area contributed by atoms with Crippen LogP contribution < -0.4 is 0 Å². The van der Waals surface area contributed by atoms with Gasteiger partial charge in [0.2, 0.25) is 0 Å². The number of carbonyl (C=O) groups is 1. The molecule has 0 amide bonds. The summed E-state index contributed by atoms with van der Waals surface area (Å²) in [5.74, 6) is 1.55. The molecule has 0 aromatic heterocycles. The third-order valence-electron chi connectivity index (χ3n) is 5.21. The number of aryl methyl sites for hydroxylation is 1. The second-order valence-electron chi connectivity index (χ2n) is 6.60. The average molecular weight is 284 g/mol. The van der Waals surface area contributed by atoms with Crippen molar-refractivity contribution in [3.63, 3.8) is 0 Å². The minimum absolute atomic E-state index is 0.228. The molecular formula is C20H28O. The number of hydrogen-bond donors (Lipinski definition) is 0. The summed E-state index contributed by atoms with van der Waals surface area (Å²) in [5, 5.41) is 0. The lowest BCUT2D eigenvalue weighted by Gasteiger charge is -2.30. The van der Waals surface area contributed by atoms with Crippen LogP contribution in [0.5, 0.6) is 0 Å². The molecule has 1 saturated carbocycles. The second kappa shape index (κ2) is 7.06. The summed E-state index contributed by atoms with van der Waals surface area (Å²) in [6.45, 7) is 10.7. The molecule has 1 aromatic carbocycles. The highest BCUT2D eigenvalue weighted by atomic mass is 16.1. The number of hydrogen-bond acceptors (Lipinski definition) is 1. The first-order chi connectivity index (χ1) is 10.0. The maximum atomic E-state index is 12.3. The van der Waals surface area contributed by atoms with E-state index in [0.717, 1.165) is 32.1 Å². The Kier molecular flexibility index (Phi) is 5.39. The van der Waals surface area contributed by atoms with E-state index in [2.05, 4.69) is 51.6 Å². The molecule has 1 aliphatic carbocycles. The first-order valence-corrected chi connectivity index (χ1v) is 8.33. The zero-order valence-corrected chi connectivity index (χ0v) is 13.7. The van der Waals surface area contributed by atoms with Crippen LogP contribution in [0.3, 0.4) is 0 Å². The monoisotopic (exact) mass is 284 g/mol. The molecule has 0 radical (unpaired) electrons. The number of Topliss-reactive ketones (excluding diaryl/α,β-unsaturated/α-hetero) is 1. The molecule has 0 bridgehead atoms. The van der Waals surface area contributed by atoms with Crippen LogP contribution in [0.4, 0.5) is 0 Å². The number of carbonyl (C=O) groups excluding carboxylic acids is 1. The van der Waals surface area contributed by atoms with Crippen LogP contribution in [-0.4, -0.2) is 5.78 Å². The topological polar surface area (TPSA) is 17.1 Å². The molecular weight excluding hydrogens is 256 g/mol. The quantitative estimate of drug-likeness (QED) is 0.704. The molecule has 1 aromatic rings. The lowest BCUT2D eigenvalue weighted by atomic mass is 9.73. The SMILES string of the molecule is C=C(c1ccccc1C)C1CCC(C(=O)C(C)CC)CC1. The van der Waals surface area contributed by atoms with Crippen LogP contribution in [-0.2, 0) is 4.79 Å². The summed E-state index contributed by atoms with van der Waals surface area (Å²) in [6, 6.07) is 8.49. The molecule has 0 aliphatic heterocycles. The fraction of sp³-hybridized carbons (Fsp3) is 0.550. The highest BCUT2D eigenvalue weighted by Gasteiger charge is 2.29. The van der Waals surface area contributed by atoms with E-state index in [1.807, 2.05) is 0 Å². The maximum absolute atomic E-state index is 12.3. The first-order valence-electron chi connectivity index (χ1n) is 8.33. The highest BCUT2D eigenvalue weighted by Crippen LogP contribution is 2.38. The highest BCUT2D eigenvalue weighted by molar-refractivity contribution is 5.83. The molecule has 0 N–H and O–H groups in total. The van der Waals surface area contributed by atoms with Crippen LogP contribution in [0.15, 0.2) is 30.8 Å². The van der Waals surface area contributed by atoms with Gasteiger partial charge < -0.3 is 0 Å². The van der Waals surface area contributed by atoms with Gasteiger partial charge in [0.25, 0.3) is 0 Å². The van der Waals surface area contributed by atoms with Crippen molar-refractivity contribution in [1.82, 2.24) is 0 Å². The van der Waals surface area contributed by atoms with Gasteiger partial charge in [-0.15, -0.1) is 0 Å². The van der Waals surface area contributed by atoms with E-state index >= 15 is 0 Å². The van der Waals surface area contributed by atoms with Crippen molar-refractivity contribution >= 4 is 11.4 Å². The van der Waals surface area contributed by atoms with Crippen LogP contribution in [0.1, 0.15) is 57.1 Å². The van der Waals surface area contributed by atoms with Gasteiger partial charge in [-0.1, -0.05) is 44.7 Å². The van der Waals surface area contributed by atoms with Crippen molar-refractivity contribution in [2.45, 2.75) is 52.9 Å². The number of benzene rings is 1. The lowest BCUT2D eigenvalue weighted by molar-refractivity contribution is -0.127.